The predicted octanol–water partition coefficient (Wildman–Crippen LogP) is 1.99. The van der Waals surface area contributed by atoms with Gasteiger partial charge in [-0.15, -0.1) is 24.0 Å². The minimum absolute atomic E-state index is 0. The molecule has 2 aromatic rings. The number of halogens is 2. The molecule has 0 unspecified atom stereocenters. The molecule has 0 aromatic carbocycles. The average molecular weight is 463 g/mol. The number of ether oxygens (including phenoxy) is 1. The first-order valence-electron chi connectivity index (χ1n) is 7.43. The topological polar surface area (TPSA) is 81.6 Å². The van der Waals surface area contributed by atoms with Crippen molar-refractivity contribution in [2.75, 3.05) is 26.3 Å². The molecule has 0 amide bonds. The van der Waals surface area contributed by atoms with E-state index in [2.05, 4.69) is 15.1 Å². The molecule has 130 valence electrons. The van der Waals surface area contributed by atoms with E-state index in [0.717, 1.165) is 30.2 Å². The Hall–Kier alpha value is -1.39. The third-order valence-corrected chi connectivity index (χ3v) is 3.80. The molecular formula is C15H20ClIN6O. The summed E-state index contributed by atoms with van der Waals surface area (Å²) in [5.41, 5.74) is 7.92. The lowest BCUT2D eigenvalue weighted by atomic mass is 10.2. The number of nitrogens with zero attached hydrogens (tertiary/aromatic N) is 5. The maximum absolute atomic E-state index is 6.08. The van der Waals surface area contributed by atoms with Crippen LogP contribution < -0.4 is 5.73 Å². The highest BCUT2D eigenvalue weighted by molar-refractivity contribution is 14.0. The van der Waals surface area contributed by atoms with Crippen molar-refractivity contribution in [2.24, 2.45) is 10.7 Å². The molecule has 0 spiro atoms. The lowest BCUT2D eigenvalue weighted by molar-refractivity contribution is 0.0674. The predicted molar refractivity (Wildman–Crippen MR) is 104 cm³/mol. The van der Waals surface area contributed by atoms with Gasteiger partial charge in [-0.3, -0.25) is 0 Å². The van der Waals surface area contributed by atoms with Gasteiger partial charge >= 0.3 is 0 Å². The van der Waals surface area contributed by atoms with Crippen LogP contribution in [0.3, 0.4) is 0 Å². The smallest absolute Gasteiger partial charge is 0.191 e. The molecular weight excluding hydrogens is 443 g/mol. The van der Waals surface area contributed by atoms with Crippen molar-refractivity contribution >= 4 is 41.5 Å². The van der Waals surface area contributed by atoms with Crippen LogP contribution in [-0.2, 0) is 11.3 Å². The number of aromatic nitrogens is 3. The van der Waals surface area contributed by atoms with E-state index in [1.54, 1.807) is 17.1 Å². The maximum atomic E-state index is 6.08. The molecule has 0 atom stereocenters. The summed E-state index contributed by atoms with van der Waals surface area (Å²) in [4.78, 5) is 11.1. The van der Waals surface area contributed by atoms with Crippen LogP contribution in [0.15, 0.2) is 29.5 Å². The van der Waals surface area contributed by atoms with Gasteiger partial charge in [0.05, 0.1) is 37.2 Å². The standard InChI is InChI=1S/C15H19ClN6O.HI/c1-11-2-3-12(14(20-11)22-10-13(16)9-19-22)8-18-15(17)21-4-6-23-7-5-21;/h2-3,9-10H,4-8H2,1H3,(H2,17,18);1H. The second-order valence-corrected chi connectivity index (χ2v) is 5.75. The number of aryl methyl sites for hydroxylation is 1. The zero-order valence-corrected chi connectivity index (χ0v) is 16.4. The maximum Gasteiger partial charge on any atom is 0.191 e. The highest BCUT2D eigenvalue weighted by atomic mass is 127. The van der Waals surface area contributed by atoms with Crippen molar-refractivity contribution in [1.29, 1.82) is 0 Å². The lowest BCUT2D eigenvalue weighted by Crippen LogP contribution is -2.44. The molecule has 0 bridgehead atoms. The van der Waals surface area contributed by atoms with Crippen LogP contribution in [-0.4, -0.2) is 51.9 Å². The Kier molecular flexibility index (Phi) is 6.81. The Labute approximate surface area is 162 Å². The molecule has 1 fully saturated rings. The highest BCUT2D eigenvalue weighted by Crippen LogP contribution is 2.16. The molecule has 0 saturated carbocycles. The third-order valence-electron chi connectivity index (χ3n) is 3.61. The van der Waals surface area contributed by atoms with E-state index < -0.39 is 0 Å². The summed E-state index contributed by atoms with van der Waals surface area (Å²) in [5.74, 6) is 1.24. The van der Waals surface area contributed by atoms with E-state index in [-0.39, 0.29) is 24.0 Å². The molecule has 3 heterocycles. The largest absolute Gasteiger partial charge is 0.378 e. The summed E-state index contributed by atoms with van der Waals surface area (Å²) in [6, 6.07) is 3.94. The zero-order chi connectivity index (χ0) is 16.2. The SMILES string of the molecule is Cc1ccc(CN=C(N)N2CCOCC2)c(-n2cc(Cl)cn2)n1.I. The molecule has 0 aliphatic carbocycles. The lowest BCUT2D eigenvalue weighted by Gasteiger charge is -2.27. The Balaban J connectivity index is 0.00000208. The Morgan fingerprint density at radius 1 is 1.38 bits per heavy atom. The van der Waals surface area contributed by atoms with Crippen LogP contribution in [0.4, 0.5) is 0 Å². The summed E-state index contributed by atoms with van der Waals surface area (Å²) in [5, 5.41) is 4.79. The van der Waals surface area contributed by atoms with Crippen molar-refractivity contribution in [3.8, 4) is 5.82 Å². The van der Waals surface area contributed by atoms with Crippen LogP contribution in [0.1, 0.15) is 11.3 Å². The Morgan fingerprint density at radius 2 is 2.12 bits per heavy atom. The van der Waals surface area contributed by atoms with Gasteiger partial charge < -0.3 is 15.4 Å². The van der Waals surface area contributed by atoms with Crippen LogP contribution in [0.25, 0.3) is 5.82 Å². The fourth-order valence-electron chi connectivity index (χ4n) is 2.37. The second-order valence-electron chi connectivity index (χ2n) is 5.31. The number of rotatable bonds is 3. The molecule has 1 aliphatic rings. The summed E-state index contributed by atoms with van der Waals surface area (Å²) >= 11 is 5.95. The van der Waals surface area contributed by atoms with Gasteiger partial charge in [0.25, 0.3) is 0 Å². The molecule has 9 heteroatoms. The van der Waals surface area contributed by atoms with E-state index >= 15 is 0 Å². The fourth-order valence-corrected chi connectivity index (χ4v) is 2.50. The van der Waals surface area contributed by atoms with E-state index in [9.17, 15) is 0 Å². The normalized spacial score (nSPS) is 15.2. The van der Waals surface area contributed by atoms with Crippen molar-refractivity contribution in [1.82, 2.24) is 19.7 Å². The van der Waals surface area contributed by atoms with Crippen molar-refractivity contribution in [2.45, 2.75) is 13.5 Å². The van der Waals surface area contributed by atoms with Crippen LogP contribution in [0.2, 0.25) is 5.02 Å². The quantitative estimate of drug-likeness (QED) is 0.429. The van der Waals surface area contributed by atoms with Crippen LogP contribution >= 0.6 is 35.6 Å². The van der Waals surface area contributed by atoms with E-state index in [0.29, 0.717) is 30.7 Å². The number of nitrogens with two attached hydrogens (primary N) is 1. The summed E-state index contributed by atoms with van der Waals surface area (Å²) in [7, 11) is 0. The van der Waals surface area contributed by atoms with Gasteiger partial charge in [0.2, 0.25) is 0 Å². The first-order valence-corrected chi connectivity index (χ1v) is 7.81. The van der Waals surface area contributed by atoms with Crippen molar-refractivity contribution in [3.63, 3.8) is 0 Å². The minimum Gasteiger partial charge on any atom is -0.378 e. The summed E-state index contributed by atoms with van der Waals surface area (Å²) in [6.45, 7) is 5.26. The molecule has 1 saturated heterocycles. The zero-order valence-electron chi connectivity index (χ0n) is 13.4. The first kappa shape index (κ1) is 18.9. The van der Waals surface area contributed by atoms with Gasteiger partial charge in [-0.1, -0.05) is 17.7 Å². The minimum atomic E-state index is 0. The van der Waals surface area contributed by atoms with E-state index in [1.807, 2.05) is 24.0 Å². The number of aliphatic imine (C=N–C) groups is 1. The number of morpholine rings is 1. The molecule has 1 aliphatic heterocycles. The van der Waals surface area contributed by atoms with Crippen LogP contribution in [0.5, 0.6) is 0 Å². The number of hydrogen-bond donors (Lipinski definition) is 1. The molecule has 3 rings (SSSR count). The number of guanidine groups is 1. The summed E-state index contributed by atoms with van der Waals surface area (Å²) in [6.07, 6.45) is 3.31. The fraction of sp³-hybridized carbons (Fsp3) is 0.400. The second kappa shape index (κ2) is 8.63. The van der Waals surface area contributed by atoms with Gasteiger partial charge in [-0.05, 0) is 13.0 Å². The average Bonchev–Trinajstić information content (AvgIpc) is 3.00. The highest BCUT2D eigenvalue weighted by Gasteiger charge is 2.13. The van der Waals surface area contributed by atoms with Crippen molar-refractivity contribution in [3.05, 3.63) is 40.8 Å². The number of pyridine rings is 1. The van der Waals surface area contributed by atoms with E-state index in [1.165, 1.54) is 0 Å². The number of hydrogen-bond acceptors (Lipinski definition) is 4. The molecule has 7 nitrogen and oxygen atoms in total. The monoisotopic (exact) mass is 462 g/mol. The van der Waals surface area contributed by atoms with Crippen LogP contribution in [0, 0.1) is 6.92 Å². The first-order chi connectivity index (χ1) is 11.1. The van der Waals surface area contributed by atoms with E-state index in [4.69, 9.17) is 22.1 Å². The molecule has 24 heavy (non-hydrogen) atoms. The molecule has 2 aromatic heterocycles. The third kappa shape index (κ3) is 4.58. The van der Waals surface area contributed by atoms with Gasteiger partial charge in [-0.25, -0.2) is 14.7 Å². The molecule has 0 radical (unpaired) electrons. The molecule has 2 N–H and O–H groups in total. The Bertz CT molecular complexity index is 714. The van der Waals surface area contributed by atoms with Gasteiger partial charge in [0.1, 0.15) is 0 Å². The van der Waals surface area contributed by atoms with Gasteiger partial charge in [0, 0.05) is 24.3 Å². The summed E-state index contributed by atoms with van der Waals surface area (Å²) < 4.78 is 6.98. The van der Waals surface area contributed by atoms with Crippen molar-refractivity contribution < 1.29 is 4.74 Å². The Morgan fingerprint density at radius 3 is 2.79 bits per heavy atom. The van der Waals surface area contributed by atoms with Gasteiger partial charge in [0.15, 0.2) is 11.8 Å². The van der Waals surface area contributed by atoms with Gasteiger partial charge in [-0.2, -0.15) is 5.10 Å².